The summed E-state index contributed by atoms with van der Waals surface area (Å²) in [4.78, 5) is 4.19. The van der Waals surface area contributed by atoms with E-state index in [1.54, 1.807) is 11.6 Å². The van der Waals surface area contributed by atoms with Crippen LogP contribution in [-0.4, -0.2) is 24.8 Å². The summed E-state index contributed by atoms with van der Waals surface area (Å²) in [6, 6.07) is 8.44. The van der Waals surface area contributed by atoms with Crippen LogP contribution < -0.4 is 5.32 Å². The van der Waals surface area contributed by atoms with Crippen LogP contribution >= 0.6 is 11.3 Å². The lowest BCUT2D eigenvalue weighted by molar-refractivity contribution is -0.146. The molecule has 0 saturated heterocycles. The SMILES string of the molecule is FC(F)(F)c1nnc2ccc(Nc3ccc4scnc4c3)nn12. The average molecular weight is 336 g/mol. The molecule has 1 aromatic carbocycles. The highest BCUT2D eigenvalue weighted by Gasteiger charge is 2.37. The zero-order valence-corrected chi connectivity index (χ0v) is 12.1. The van der Waals surface area contributed by atoms with Crippen molar-refractivity contribution in [2.75, 3.05) is 5.32 Å². The molecule has 4 rings (SSSR count). The molecule has 3 heterocycles. The van der Waals surface area contributed by atoms with Gasteiger partial charge in [0, 0.05) is 5.69 Å². The van der Waals surface area contributed by atoms with Crippen LogP contribution in [-0.2, 0) is 6.18 Å². The number of anilines is 2. The van der Waals surface area contributed by atoms with Gasteiger partial charge in [-0.05, 0) is 30.3 Å². The molecule has 0 bridgehead atoms. The van der Waals surface area contributed by atoms with Crippen molar-refractivity contribution < 1.29 is 13.2 Å². The standard InChI is InChI=1S/C13H7F3N6S/c14-13(15,16)12-20-19-11-4-3-10(21-22(11)12)18-7-1-2-9-8(5-7)17-6-23-9/h1-6H,(H,18,21). The van der Waals surface area contributed by atoms with E-state index in [4.69, 9.17) is 0 Å². The van der Waals surface area contributed by atoms with Crippen molar-refractivity contribution in [2.45, 2.75) is 6.18 Å². The predicted molar refractivity (Wildman–Crippen MR) is 78.7 cm³/mol. The van der Waals surface area contributed by atoms with Gasteiger partial charge in [0.25, 0.3) is 5.82 Å². The molecule has 0 saturated carbocycles. The van der Waals surface area contributed by atoms with Gasteiger partial charge in [-0.1, -0.05) is 0 Å². The number of hydrogen-bond donors (Lipinski definition) is 1. The summed E-state index contributed by atoms with van der Waals surface area (Å²) in [7, 11) is 0. The maximum Gasteiger partial charge on any atom is 0.453 e. The minimum absolute atomic E-state index is 0.0258. The Morgan fingerprint density at radius 3 is 2.78 bits per heavy atom. The Hall–Kier alpha value is -2.75. The molecule has 23 heavy (non-hydrogen) atoms. The Labute approximate surface area is 130 Å². The van der Waals surface area contributed by atoms with Gasteiger partial charge >= 0.3 is 6.18 Å². The van der Waals surface area contributed by atoms with Crippen molar-refractivity contribution in [3.63, 3.8) is 0 Å². The van der Waals surface area contributed by atoms with Gasteiger partial charge in [-0.3, -0.25) is 0 Å². The molecule has 0 spiro atoms. The van der Waals surface area contributed by atoms with Crippen LogP contribution in [0.25, 0.3) is 15.9 Å². The molecule has 0 aliphatic rings. The first-order valence-corrected chi connectivity index (χ1v) is 7.28. The second-order valence-corrected chi connectivity index (χ2v) is 5.56. The van der Waals surface area contributed by atoms with Crippen molar-refractivity contribution in [3.05, 3.63) is 41.7 Å². The van der Waals surface area contributed by atoms with Crippen LogP contribution in [0.1, 0.15) is 5.82 Å². The lowest BCUT2D eigenvalue weighted by Gasteiger charge is -2.07. The molecule has 4 aromatic rings. The number of thiazole rings is 1. The first kappa shape index (κ1) is 13.9. The highest BCUT2D eigenvalue weighted by atomic mass is 32.1. The Morgan fingerprint density at radius 1 is 1.09 bits per heavy atom. The van der Waals surface area contributed by atoms with E-state index in [9.17, 15) is 13.2 Å². The largest absolute Gasteiger partial charge is 0.453 e. The molecule has 10 heteroatoms. The van der Waals surface area contributed by atoms with Crippen LogP contribution in [0.15, 0.2) is 35.8 Å². The normalized spacial score (nSPS) is 12.1. The average Bonchev–Trinajstić information content (AvgIpc) is 3.11. The molecule has 0 amide bonds. The van der Waals surface area contributed by atoms with E-state index in [0.29, 0.717) is 10.2 Å². The van der Waals surface area contributed by atoms with E-state index in [1.807, 2.05) is 12.1 Å². The maximum absolute atomic E-state index is 12.9. The zero-order chi connectivity index (χ0) is 16.0. The summed E-state index contributed by atoms with van der Waals surface area (Å²) in [5, 5.41) is 13.5. The fraction of sp³-hybridized carbons (Fsp3) is 0.0769. The molecule has 0 unspecified atom stereocenters. The second-order valence-electron chi connectivity index (χ2n) is 4.67. The van der Waals surface area contributed by atoms with Gasteiger partial charge in [-0.25, -0.2) is 4.98 Å². The summed E-state index contributed by atoms with van der Waals surface area (Å²) in [5.41, 5.74) is 3.24. The van der Waals surface area contributed by atoms with Gasteiger partial charge in [-0.15, -0.1) is 26.6 Å². The van der Waals surface area contributed by atoms with E-state index in [0.717, 1.165) is 10.2 Å². The van der Waals surface area contributed by atoms with Crippen LogP contribution in [0.4, 0.5) is 24.7 Å². The van der Waals surface area contributed by atoms with Crippen molar-refractivity contribution in [1.29, 1.82) is 0 Å². The van der Waals surface area contributed by atoms with Crippen LogP contribution in [0, 0.1) is 0 Å². The lowest BCUT2D eigenvalue weighted by atomic mass is 10.3. The van der Waals surface area contributed by atoms with Gasteiger partial charge in [0.1, 0.15) is 0 Å². The summed E-state index contributed by atoms with van der Waals surface area (Å²) in [5.74, 6) is -0.913. The van der Waals surface area contributed by atoms with Crippen LogP contribution in [0.2, 0.25) is 0 Å². The number of rotatable bonds is 2. The fourth-order valence-corrected chi connectivity index (χ4v) is 2.77. The van der Waals surface area contributed by atoms with Crippen molar-refractivity contribution in [2.24, 2.45) is 0 Å². The zero-order valence-electron chi connectivity index (χ0n) is 11.2. The second kappa shape index (κ2) is 4.88. The third kappa shape index (κ3) is 2.46. The molecule has 0 atom stereocenters. The first-order valence-electron chi connectivity index (χ1n) is 6.41. The maximum atomic E-state index is 12.9. The highest BCUT2D eigenvalue weighted by molar-refractivity contribution is 7.16. The molecule has 1 N–H and O–H groups in total. The van der Waals surface area contributed by atoms with Gasteiger partial charge in [0.05, 0.1) is 15.7 Å². The minimum atomic E-state index is -4.62. The van der Waals surface area contributed by atoms with Gasteiger partial charge in [0.2, 0.25) is 0 Å². The number of alkyl halides is 3. The Bertz CT molecular complexity index is 1010. The monoisotopic (exact) mass is 336 g/mol. The smallest absolute Gasteiger partial charge is 0.339 e. The number of fused-ring (bicyclic) bond motifs is 2. The van der Waals surface area contributed by atoms with Gasteiger partial charge in [-0.2, -0.15) is 17.7 Å². The van der Waals surface area contributed by atoms with E-state index in [1.165, 1.54) is 23.5 Å². The number of halogens is 3. The Morgan fingerprint density at radius 2 is 1.96 bits per heavy atom. The number of benzene rings is 1. The molecule has 0 fully saturated rings. The third-order valence-electron chi connectivity index (χ3n) is 3.12. The lowest BCUT2D eigenvalue weighted by Crippen LogP contribution is -2.13. The van der Waals surface area contributed by atoms with Crippen LogP contribution in [0.5, 0.6) is 0 Å². The quantitative estimate of drug-likeness (QED) is 0.607. The number of nitrogens with one attached hydrogen (secondary N) is 1. The molecular formula is C13H7F3N6S. The third-order valence-corrected chi connectivity index (χ3v) is 3.93. The Balaban J connectivity index is 1.73. The summed E-state index contributed by atoms with van der Waals surface area (Å²) in [6.45, 7) is 0. The number of nitrogens with zero attached hydrogens (tertiary/aromatic N) is 5. The van der Waals surface area contributed by atoms with Crippen molar-refractivity contribution in [3.8, 4) is 0 Å². The molecule has 6 nitrogen and oxygen atoms in total. The molecule has 0 radical (unpaired) electrons. The van der Waals surface area contributed by atoms with E-state index >= 15 is 0 Å². The van der Waals surface area contributed by atoms with E-state index in [-0.39, 0.29) is 11.5 Å². The predicted octanol–water partition coefficient (Wildman–Crippen LogP) is 3.50. The molecule has 3 aromatic heterocycles. The van der Waals surface area contributed by atoms with Crippen LogP contribution in [0.3, 0.4) is 0 Å². The highest BCUT2D eigenvalue weighted by Crippen LogP contribution is 2.28. The van der Waals surface area contributed by atoms with Crippen molar-refractivity contribution >= 4 is 38.7 Å². The topological polar surface area (TPSA) is 68.0 Å². The van der Waals surface area contributed by atoms with E-state index < -0.39 is 12.0 Å². The summed E-state index contributed by atoms with van der Waals surface area (Å²) < 4.78 is 40.3. The fourth-order valence-electron chi connectivity index (χ4n) is 2.12. The van der Waals surface area contributed by atoms with E-state index in [2.05, 4.69) is 25.6 Å². The summed E-state index contributed by atoms with van der Waals surface area (Å²) in [6.07, 6.45) is -4.62. The first-order chi connectivity index (χ1) is 11.0. The van der Waals surface area contributed by atoms with Gasteiger partial charge in [0.15, 0.2) is 11.5 Å². The summed E-state index contributed by atoms with van der Waals surface area (Å²) >= 11 is 1.51. The van der Waals surface area contributed by atoms with Crippen molar-refractivity contribution in [1.82, 2.24) is 24.8 Å². The minimum Gasteiger partial charge on any atom is -0.339 e. The Kier molecular flexibility index (Phi) is 2.94. The number of aromatic nitrogens is 5. The molecular weight excluding hydrogens is 329 g/mol. The number of hydrogen-bond acceptors (Lipinski definition) is 6. The molecule has 0 aliphatic heterocycles. The molecule has 0 aliphatic carbocycles. The molecule has 116 valence electrons. The van der Waals surface area contributed by atoms with Gasteiger partial charge < -0.3 is 5.32 Å².